The molecule has 21 heavy (non-hydrogen) atoms. The van der Waals surface area contributed by atoms with Crippen molar-refractivity contribution in [2.45, 2.75) is 56.9 Å². The minimum Gasteiger partial charge on any atom is -0.467 e. The Balaban J connectivity index is 1.97. The van der Waals surface area contributed by atoms with Crippen LogP contribution in [0.25, 0.3) is 0 Å². The van der Waals surface area contributed by atoms with E-state index in [-0.39, 0.29) is 24.3 Å². The smallest absolute Gasteiger partial charge is 0.331 e. The molecular weight excluding hydrogens is 272 g/mol. The van der Waals surface area contributed by atoms with E-state index in [2.05, 4.69) is 5.32 Å². The summed E-state index contributed by atoms with van der Waals surface area (Å²) in [6, 6.07) is 0. The van der Waals surface area contributed by atoms with Crippen LogP contribution < -0.4 is 5.32 Å². The Morgan fingerprint density at radius 1 is 1.19 bits per heavy atom. The van der Waals surface area contributed by atoms with Crippen molar-refractivity contribution in [3.63, 3.8) is 0 Å². The van der Waals surface area contributed by atoms with Gasteiger partial charge in [-0.15, -0.1) is 0 Å². The van der Waals surface area contributed by atoms with E-state index in [0.717, 1.165) is 32.1 Å². The molecule has 0 radical (unpaired) electrons. The number of ether oxygens (including phenoxy) is 1. The molecule has 0 aromatic rings. The summed E-state index contributed by atoms with van der Waals surface area (Å²) in [5, 5.41) is 2.84. The van der Waals surface area contributed by atoms with Gasteiger partial charge in [0.1, 0.15) is 5.54 Å². The second kappa shape index (κ2) is 6.91. The van der Waals surface area contributed by atoms with Crippen LogP contribution in [0, 0.1) is 0 Å². The Morgan fingerprint density at radius 3 is 2.52 bits per heavy atom. The molecule has 0 aromatic carbocycles. The van der Waals surface area contributed by atoms with Gasteiger partial charge in [0, 0.05) is 13.0 Å². The Hall–Kier alpha value is -1.59. The topological polar surface area (TPSA) is 75.7 Å². The van der Waals surface area contributed by atoms with Crippen LogP contribution in [0.2, 0.25) is 0 Å². The molecule has 1 aliphatic carbocycles. The van der Waals surface area contributed by atoms with Gasteiger partial charge in [-0.05, 0) is 25.7 Å². The standard InChI is InChI=1S/C15H24N2O4/c1-21-14(20)15(8-4-2-5-9-15)16-12(18)11-17-10-6-3-7-13(17)19/h2-11H2,1H3,(H,16,18). The summed E-state index contributed by atoms with van der Waals surface area (Å²) in [5.41, 5.74) is -0.900. The first-order valence-corrected chi connectivity index (χ1v) is 7.75. The number of amides is 2. The molecule has 0 unspecified atom stereocenters. The van der Waals surface area contributed by atoms with Gasteiger partial charge in [-0.25, -0.2) is 4.79 Å². The van der Waals surface area contributed by atoms with E-state index in [4.69, 9.17) is 4.74 Å². The molecule has 1 saturated heterocycles. The maximum absolute atomic E-state index is 12.2. The number of carbonyl (C=O) groups is 3. The molecule has 1 heterocycles. The van der Waals surface area contributed by atoms with Crippen LogP contribution in [0.3, 0.4) is 0 Å². The molecular formula is C15H24N2O4. The highest BCUT2D eigenvalue weighted by Gasteiger charge is 2.42. The van der Waals surface area contributed by atoms with E-state index in [1.165, 1.54) is 7.11 Å². The number of nitrogens with one attached hydrogen (secondary N) is 1. The Labute approximate surface area is 125 Å². The second-order valence-electron chi connectivity index (χ2n) is 5.95. The van der Waals surface area contributed by atoms with E-state index in [1.807, 2.05) is 0 Å². The highest BCUT2D eigenvalue weighted by atomic mass is 16.5. The highest BCUT2D eigenvalue weighted by molar-refractivity contribution is 5.90. The van der Waals surface area contributed by atoms with Crippen LogP contribution in [0.15, 0.2) is 0 Å². The van der Waals surface area contributed by atoms with Crippen LogP contribution >= 0.6 is 0 Å². The van der Waals surface area contributed by atoms with Crippen molar-refractivity contribution < 1.29 is 19.1 Å². The van der Waals surface area contributed by atoms with Gasteiger partial charge in [0.15, 0.2) is 0 Å². The predicted molar refractivity (Wildman–Crippen MR) is 76.4 cm³/mol. The third-order valence-corrected chi connectivity index (χ3v) is 4.42. The van der Waals surface area contributed by atoms with Crippen LogP contribution in [0.1, 0.15) is 51.4 Å². The number of esters is 1. The summed E-state index contributed by atoms with van der Waals surface area (Å²) in [7, 11) is 1.35. The first-order valence-electron chi connectivity index (χ1n) is 7.75. The average Bonchev–Trinajstić information content (AvgIpc) is 2.49. The fraction of sp³-hybridized carbons (Fsp3) is 0.800. The van der Waals surface area contributed by atoms with Gasteiger partial charge in [0.05, 0.1) is 13.7 Å². The zero-order valence-electron chi connectivity index (χ0n) is 12.7. The lowest BCUT2D eigenvalue weighted by atomic mass is 9.81. The maximum atomic E-state index is 12.2. The van der Waals surface area contributed by atoms with Crippen molar-refractivity contribution in [1.29, 1.82) is 0 Å². The van der Waals surface area contributed by atoms with Gasteiger partial charge in [-0.2, -0.15) is 0 Å². The van der Waals surface area contributed by atoms with Gasteiger partial charge < -0.3 is 15.0 Å². The number of likely N-dealkylation sites (tertiary alicyclic amines) is 1. The molecule has 0 spiro atoms. The van der Waals surface area contributed by atoms with Gasteiger partial charge in [0.2, 0.25) is 11.8 Å². The quantitative estimate of drug-likeness (QED) is 0.785. The minimum atomic E-state index is -0.900. The van der Waals surface area contributed by atoms with E-state index < -0.39 is 5.54 Å². The van der Waals surface area contributed by atoms with Gasteiger partial charge >= 0.3 is 5.97 Å². The fourth-order valence-corrected chi connectivity index (χ4v) is 3.24. The molecule has 0 bridgehead atoms. The lowest BCUT2D eigenvalue weighted by molar-refractivity contribution is -0.153. The predicted octanol–water partition coefficient (Wildman–Crippen LogP) is 0.991. The van der Waals surface area contributed by atoms with Crippen molar-refractivity contribution in [2.75, 3.05) is 20.2 Å². The summed E-state index contributed by atoms with van der Waals surface area (Å²) >= 11 is 0. The average molecular weight is 296 g/mol. The lowest BCUT2D eigenvalue weighted by Gasteiger charge is -2.36. The summed E-state index contributed by atoms with van der Waals surface area (Å²) in [5.74, 6) is -0.620. The van der Waals surface area contributed by atoms with E-state index in [9.17, 15) is 14.4 Å². The van der Waals surface area contributed by atoms with Gasteiger partial charge in [0.25, 0.3) is 0 Å². The Bertz CT molecular complexity index is 416. The van der Waals surface area contributed by atoms with Crippen molar-refractivity contribution in [3.05, 3.63) is 0 Å². The van der Waals surface area contributed by atoms with E-state index >= 15 is 0 Å². The minimum absolute atomic E-state index is 0.0205. The first kappa shape index (κ1) is 15.8. The molecule has 2 fully saturated rings. The van der Waals surface area contributed by atoms with Gasteiger partial charge in [-0.3, -0.25) is 9.59 Å². The fourth-order valence-electron chi connectivity index (χ4n) is 3.24. The largest absolute Gasteiger partial charge is 0.467 e. The normalized spacial score (nSPS) is 21.8. The van der Waals surface area contributed by atoms with E-state index in [0.29, 0.717) is 25.8 Å². The van der Waals surface area contributed by atoms with Crippen LogP contribution in [0.5, 0.6) is 0 Å². The van der Waals surface area contributed by atoms with E-state index in [1.54, 1.807) is 4.90 Å². The van der Waals surface area contributed by atoms with Crippen molar-refractivity contribution in [1.82, 2.24) is 10.2 Å². The molecule has 2 aliphatic rings. The number of piperidine rings is 1. The monoisotopic (exact) mass is 296 g/mol. The number of hydrogen-bond acceptors (Lipinski definition) is 4. The molecule has 1 aliphatic heterocycles. The van der Waals surface area contributed by atoms with Crippen LogP contribution in [-0.4, -0.2) is 48.4 Å². The number of rotatable bonds is 4. The van der Waals surface area contributed by atoms with Gasteiger partial charge in [-0.1, -0.05) is 19.3 Å². The molecule has 6 heteroatoms. The molecule has 6 nitrogen and oxygen atoms in total. The van der Waals surface area contributed by atoms with Crippen molar-refractivity contribution in [2.24, 2.45) is 0 Å². The molecule has 1 N–H and O–H groups in total. The Kier molecular flexibility index (Phi) is 5.20. The number of hydrogen-bond donors (Lipinski definition) is 1. The summed E-state index contributed by atoms with van der Waals surface area (Å²) in [4.78, 5) is 37.6. The molecule has 1 saturated carbocycles. The number of nitrogens with zero attached hydrogens (tertiary/aromatic N) is 1. The van der Waals surface area contributed by atoms with Crippen molar-refractivity contribution >= 4 is 17.8 Å². The Morgan fingerprint density at radius 2 is 1.90 bits per heavy atom. The number of methoxy groups -OCH3 is 1. The maximum Gasteiger partial charge on any atom is 0.331 e. The van der Waals surface area contributed by atoms with Crippen LogP contribution in [-0.2, 0) is 19.1 Å². The lowest BCUT2D eigenvalue weighted by Crippen LogP contribution is -2.58. The third kappa shape index (κ3) is 3.74. The molecule has 0 atom stereocenters. The second-order valence-corrected chi connectivity index (χ2v) is 5.95. The molecule has 2 amide bonds. The number of carbonyl (C=O) groups excluding carboxylic acids is 3. The molecule has 118 valence electrons. The zero-order chi connectivity index (χ0) is 15.3. The SMILES string of the molecule is COC(=O)C1(NC(=O)CN2CCCCC2=O)CCCCC1. The molecule has 2 rings (SSSR count). The zero-order valence-corrected chi connectivity index (χ0v) is 12.7. The van der Waals surface area contributed by atoms with Crippen LogP contribution in [0.4, 0.5) is 0 Å². The molecule has 0 aromatic heterocycles. The summed E-state index contributed by atoms with van der Waals surface area (Å²) in [6.45, 7) is 0.662. The summed E-state index contributed by atoms with van der Waals surface area (Å²) in [6.07, 6.45) is 6.42. The third-order valence-electron chi connectivity index (χ3n) is 4.42. The van der Waals surface area contributed by atoms with Crippen molar-refractivity contribution in [3.8, 4) is 0 Å². The highest BCUT2D eigenvalue weighted by Crippen LogP contribution is 2.29. The first-order chi connectivity index (χ1) is 10.1. The summed E-state index contributed by atoms with van der Waals surface area (Å²) < 4.78 is 4.87.